The van der Waals surface area contributed by atoms with Crippen LogP contribution < -0.4 is 5.32 Å². The van der Waals surface area contributed by atoms with Crippen molar-refractivity contribution in [1.82, 2.24) is 29.8 Å². The summed E-state index contributed by atoms with van der Waals surface area (Å²) < 4.78 is 7.24. The van der Waals surface area contributed by atoms with E-state index in [9.17, 15) is 9.59 Å². The van der Waals surface area contributed by atoms with Crippen LogP contribution in [0.15, 0.2) is 54.3 Å². The van der Waals surface area contributed by atoms with Crippen LogP contribution in [0.1, 0.15) is 51.4 Å². The van der Waals surface area contributed by atoms with E-state index >= 15 is 0 Å². The molecule has 4 heterocycles. The number of fused-ring (bicyclic) bond motifs is 1. The van der Waals surface area contributed by atoms with Gasteiger partial charge in [0, 0.05) is 31.0 Å². The highest BCUT2D eigenvalue weighted by molar-refractivity contribution is 7.13. The zero-order valence-electron chi connectivity index (χ0n) is 21.8. The number of rotatable bonds is 8. The van der Waals surface area contributed by atoms with Crippen LogP contribution in [0.5, 0.6) is 0 Å². The molecule has 4 aromatic heterocycles. The quantitative estimate of drug-likeness (QED) is 0.339. The van der Waals surface area contributed by atoms with Gasteiger partial charge in [0.25, 0.3) is 5.91 Å². The minimum atomic E-state index is -0.586. The smallest absolute Gasteiger partial charge is 0.410 e. The molecule has 4 rings (SSSR count). The Morgan fingerprint density at radius 1 is 1.19 bits per heavy atom. The molecule has 0 aliphatic heterocycles. The maximum absolute atomic E-state index is 13.1. The molecule has 1 atom stereocenters. The summed E-state index contributed by atoms with van der Waals surface area (Å²) in [6.45, 7) is 10.2. The SMILES string of the molecule is CCC(CNC(=O)c1ccnc(-c2cnn3ccc(-c4cccs4)nc23)c1)N(CC)C(=O)OC(C)(C)C. The highest BCUT2D eigenvalue weighted by Crippen LogP contribution is 2.27. The number of carbonyl (C=O) groups is 2. The lowest BCUT2D eigenvalue weighted by Gasteiger charge is -2.32. The summed E-state index contributed by atoms with van der Waals surface area (Å²) in [6.07, 6.45) is 5.47. The fraction of sp³-hybridized carbons (Fsp3) is 0.370. The molecule has 0 saturated carbocycles. The fourth-order valence-corrected chi connectivity index (χ4v) is 4.67. The minimum absolute atomic E-state index is 0.190. The topological polar surface area (TPSA) is 102 Å². The summed E-state index contributed by atoms with van der Waals surface area (Å²) in [4.78, 5) is 37.7. The van der Waals surface area contributed by atoms with Crippen molar-refractivity contribution in [3.63, 3.8) is 0 Å². The second kappa shape index (κ2) is 11.1. The van der Waals surface area contributed by atoms with Gasteiger partial charge in [-0.25, -0.2) is 14.3 Å². The number of amides is 2. The van der Waals surface area contributed by atoms with E-state index in [1.165, 1.54) is 0 Å². The minimum Gasteiger partial charge on any atom is -0.444 e. The van der Waals surface area contributed by atoms with Gasteiger partial charge in [-0.15, -0.1) is 11.3 Å². The Bertz CT molecular complexity index is 1380. The number of nitrogens with zero attached hydrogens (tertiary/aromatic N) is 5. The van der Waals surface area contributed by atoms with E-state index in [0.29, 0.717) is 36.4 Å². The number of ether oxygens (including phenoxy) is 1. The number of likely N-dealkylation sites (N-methyl/N-ethyl adjacent to an activating group) is 1. The fourth-order valence-electron chi connectivity index (χ4n) is 3.97. The Morgan fingerprint density at radius 3 is 2.68 bits per heavy atom. The standard InChI is InChI=1S/C27H32N6O3S/c1-6-19(32(7-2)26(35)36-27(3,4)5)16-29-25(34)18-10-12-28-22(15-18)20-17-30-33-13-11-21(31-24(20)33)23-9-8-14-37-23/h8-15,17,19H,6-7,16H2,1-5H3,(H,29,34). The van der Waals surface area contributed by atoms with Crippen molar-refractivity contribution >= 4 is 29.0 Å². The van der Waals surface area contributed by atoms with Crippen LogP contribution in [0, 0.1) is 0 Å². The third-order valence-corrected chi connectivity index (χ3v) is 6.71. The molecular weight excluding hydrogens is 488 g/mol. The van der Waals surface area contributed by atoms with Crippen LogP contribution in [0.25, 0.3) is 27.5 Å². The summed E-state index contributed by atoms with van der Waals surface area (Å²) >= 11 is 1.62. The second-order valence-corrected chi connectivity index (χ2v) is 10.5. The van der Waals surface area contributed by atoms with E-state index in [1.807, 2.05) is 64.4 Å². The van der Waals surface area contributed by atoms with E-state index in [-0.39, 0.29) is 18.0 Å². The van der Waals surface area contributed by atoms with Crippen molar-refractivity contribution in [3.8, 4) is 21.8 Å². The lowest BCUT2D eigenvalue weighted by Crippen LogP contribution is -2.48. The largest absolute Gasteiger partial charge is 0.444 e. The summed E-state index contributed by atoms with van der Waals surface area (Å²) in [5.41, 5.74) is 2.74. The number of hydrogen-bond donors (Lipinski definition) is 1. The lowest BCUT2D eigenvalue weighted by molar-refractivity contribution is 0.0167. The molecular formula is C27H32N6O3S. The van der Waals surface area contributed by atoms with Crippen molar-refractivity contribution < 1.29 is 14.3 Å². The van der Waals surface area contributed by atoms with E-state index in [0.717, 1.165) is 16.1 Å². The maximum atomic E-state index is 13.1. The molecule has 0 fully saturated rings. The van der Waals surface area contributed by atoms with Crippen molar-refractivity contribution in [2.45, 2.75) is 52.7 Å². The second-order valence-electron chi connectivity index (χ2n) is 9.58. The normalized spacial score (nSPS) is 12.4. The number of pyridine rings is 1. The monoisotopic (exact) mass is 520 g/mol. The zero-order chi connectivity index (χ0) is 26.6. The molecule has 1 N–H and O–H groups in total. The molecule has 0 aliphatic rings. The first-order valence-corrected chi connectivity index (χ1v) is 13.2. The van der Waals surface area contributed by atoms with Crippen LogP contribution in [0.4, 0.5) is 4.79 Å². The van der Waals surface area contributed by atoms with Crippen LogP contribution in [0.3, 0.4) is 0 Å². The molecule has 1 unspecified atom stereocenters. The number of hydrogen-bond acceptors (Lipinski definition) is 7. The van der Waals surface area contributed by atoms with Crippen molar-refractivity contribution in [3.05, 3.63) is 59.9 Å². The Labute approximate surface area is 220 Å². The molecule has 37 heavy (non-hydrogen) atoms. The first kappa shape index (κ1) is 26.3. The summed E-state index contributed by atoms with van der Waals surface area (Å²) in [6, 6.07) is 9.15. The summed E-state index contributed by atoms with van der Waals surface area (Å²) in [5.74, 6) is -0.244. The summed E-state index contributed by atoms with van der Waals surface area (Å²) in [5, 5.41) is 9.38. The van der Waals surface area contributed by atoms with Gasteiger partial charge in [-0.2, -0.15) is 5.10 Å². The Kier molecular flexibility index (Phi) is 7.87. The van der Waals surface area contributed by atoms with Gasteiger partial charge >= 0.3 is 6.09 Å². The van der Waals surface area contributed by atoms with Gasteiger partial charge in [-0.1, -0.05) is 13.0 Å². The average Bonchev–Trinajstić information content (AvgIpc) is 3.55. The number of aromatic nitrogens is 4. The molecule has 0 aromatic carbocycles. The Hall–Kier alpha value is -3.79. The first-order chi connectivity index (χ1) is 17.7. The van der Waals surface area contributed by atoms with E-state index < -0.39 is 5.60 Å². The molecule has 0 saturated heterocycles. The highest BCUT2D eigenvalue weighted by atomic mass is 32.1. The van der Waals surface area contributed by atoms with Crippen LogP contribution in [0.2, 0.25) is 0 Å². The molecule has 10 heteroatoms. The molecule has 194 valence electrons. The van der Waals surface area contributed by atoms with Gasteiger partial charge in [-0.05, 0) is 63.8 Å². The van der Waals surface area contributed by atoms with E-state index in [4.69, 9.17) is 9.72 Å². The number of carbonyl (C=O) groups excluding carboxylic acids is 2. The molecule has 0 spiro atoms. The maximum Gasteiger partial charge on any atom is 0.410 e. The average molecular weight is 521 g/mol. The number of thiophene rings is 1. The Balaban J connectivity index is 1.51. The zero-order valence-corrected chi connectivity index (χ0v) is 22.6. The molecule has 2 amide bonds. The van der Waals surface area contributed by atoms with Crippen LogP contribution >= 0.6 is 11.3 Å². The van der Waals surface area contributed by atoms with Crippen molar-refractivity contribution in [2.24, 2.45) is 0 Å². The van der Waals surface area contributed by atoms with E-state index in [2.05, 4.69) is 15.4 Å². The number of nitrogens with one attached hydrogen (secondary N) is 1. The first-order valence-electron chi connectivity index (χ1n) is 12.3. The van der Waals surface area contributed by atoms with Gasteiger partial charge < -0.3 is 15.0 Å². The molecule has 0 bridgehead atoms. The molecule has 0 aliphatic carbocycles. The molecule has 0 radical (unpaired) electrons. The van der Waals surface area contributed by atoms with Gasteiger partial charge in [0.2, 0.25) is 0 Å². The van der Waals surface area contributed by atoms with Crippen molar-refractivity contribution in [2.75, 3.05) is 13.1 Å². The van der Waals surface area contributed by atoms with Gasteiger partial charge in [-0.3, -0.25) is 9.78 Å². The molecule has 4 aromatic rings. The third-order valence-electron chi connectivity index (χ3n) is 5.82. The lowest BCUT2D eigenvalue weighted by atomic mass is 10.1. The van der Waals surface area contributed by atoms with Gasteiger partial charge in [0.15, 0.2) is 5.65 Å². The van der Waals surface area contributed by atoms with E-state index in [1.54, 1.807) is 45.3 Å². The summed E-state index contributed by atoms with van der Waals surface area (Å²) in [7, 11) is 0. The predicted molar refractivity (Wildman–Crippen MR) is 145 cm³/mol. The van der Waals surface area contributed by atoms with Gasteiger partial charge in [0.05, 0.1) is 34.1 Å². The van der Waals surface area contributed by atoms with Crippen molar-refractivity contribution in [1.29, 1.82) is 0 Å². The van der Waals surface area contributed by atoms with Gasteiger partial charge in [0.1, 0.15) is 5.60 Å². The van der Waals surface area contributed by atoms with Crippen LogP contribution in [-0.4, -0.2) is 61.2 Å². The predicted octanol–water partition coefficient (Wildman–Crippen LogP) is 5.29. The third kappa shape index (κ3) is 6.14. The van der Waals surface area contributed by atoms with Crippen LogP contribution in [-0.2, 0) is 4.74 Å². The Morgan fingerprint density at radius 2 is 2.00 bits per heavy atom. The molecule has 9 nitrogen and oxygen atoms in total. The highest BCUT2D eigenvalue weighted by Gasteiger charge is 2.26.